The average Bonchev–Trinajstić information content (AvgIpc) is 3.79. The third-order valence-electron chi connectivity index (χ3n) is 7.92. The van der Waals surface area contributed by atoms with E-state index in [1.54, 1.807) is 23.7 Å². The molecule has 10 heteroatoms. The minimum absolute atomic E-state index is 0. The van der Waals surface area contributed by atoms with E-state index in [1.165, 1.54) is 0 Å². The molecule has 9 nitrogen and oxygen atoms in total. The molecule has 0 unspecified atom stereocenters. The van der Waals surface area contributed by atoms with Crippen LogP contribution in [0.5, 0.6) is 0 Å². The van der Waals surface area contributed by atoms with Crippen molar-refractivity contribution in [2.75, 3.05) is 17.0 Å². The summed E-state index contributed by atoms with van der Waals surface area (Å²) in [6.07, 6.45) is 7.10. The first-order chi connectivity index (χ1) is 22.2. The zero-order valence-electron chi connectivity index (χ0n) is 24.3. The van der Waals surface area contributed by atoms with Crippen molar-refractivity contribution in [3.05, 3.63) is 128 Å². The number of hydrogen-bond acceptors (Lipinski definition) is 8. The maximum Gasteiger partial charge on any atom is 0.179 e. The molecular formula is C36H23N8OPt-3. The van der Waals surface area contributed by atoms with Gasteiger partial charge >= 0.3 is 0 Å². The number of furan rings is 1. The van der Waals surface area contributed by atoms with Crippen molar-refractivity contribution >= 4 is 73.1 Å². The average molecular weight is 779 g/mol. The Morgan fingerprint density at radius 3 is 2.46 bits per heavy atom. The van der Waals surface area contributed by atoms with Gasteiger partial charge in [-0.1, -0.05) is 46.8 Å². The van der Waals surface area contributed by atoms with Gasteiger partial charge in [-0.15, -0.1) is 42.4 Å². The first-order valence-electron chi connectivity index (χ1n) is 14.4. The number of para-hydroxylation sites is 1. The first-order valence-corrected chi connectivity index (χ1v) is 14.4. The van der Waals surface area contributed by atoms with E-state index in [0.717, 1.165) is 50.4 Å². The summed E-state index contributed by atoms with van der Waals surface area (Å²) in [5.74, 6) is 0.818. The van der Waals surface area contributed by atoms with E-state index in [2.05, 4.69) is 67.0 Å². The number of rotatable bonds is 5. The standard InChI is InChI=1S/C36H23N8O.Pt/c1-41-22-40-42(23-41)24-8-6-9-25(20-24)43(30-16-19-39-35-34-32(45-36(30)35)12-7-18-38-34)26-14-15-28-27-10-2-3-11-29(27)44(31(28)21-26)33-13-4-5-17-37-33;/h2-19,22-23H,1H3;/q-3;. The first kappa shape index (κ1) is 28.0. The molecule has 1 aliphatic heterocycles. The fourth-order valence-electron chi connectivity index (χ4n) is 5.97. The van der Waals surface area contributed by atoms with E-state index in [-0.39, 0.29) is 21.1 Å². The van der Waals surface area contributed by atoms with Gasteiger partial charge < -0.3 is 23.8 Å². The Morgan fingerprint density at radius 1 is 0.739 bits per heavy atom. The zero-order valence-corrected chi connectivity index (χ0v) is 26.6. The summed E-state index contributed by atoms with van der Waals surface area (Å²) in [5, 5.41) is 8.49. The van der Waals surface area contributed by atoms with Crippen molar-refractivity contribution in [2.45, 2.75) is 0 Å². The summed E-state index contributed by atoms with van der Waals surface area (Å²) in [5.41, 5.74) is 7.80. The van der Waals surface area contributed by atoms with E-state index in [0.29, 0.717) is 22.2 Å². The van der Waals surface area contributed by atoms with Crippen LogP contribution in [0.15, 0.2) is 119 Å². The van der Waals surface area contributed by atoms with Gasteiger partial charge in [0.1, 0.15) is 16.9 Å². The van der Waals surface area contributed by atoms with E-state index in [9.17, 15) is 0 Å². The Balaban J connectivity index is 0.00000312. The van der Waals surface area contributed by atoms with Gasteiger partial charge in [0.15, 0.2) is 11.2 Å². The fraction of sp³-hybridized carbons (Fsp3) is 0.0278. The molecule has 3 aromatic carbocycles. The normalized spacial score (nSPS) is 12.9. The summed E-state index contributed by atoms with van der Waals surface area (Å²) < 4.78 is 8.58. The second-order valence-electron chi connectivity index (χ2n) is 10.7. The van der Waals surface area contributed by atoms with Gasteiger partial charge in [-0.3, -0.25) is 9.97 Å². The molecule has 8 aromatic rings. The minimum Gasteiger partial charge on any atom is -0.493 e. The van der Waals surface area contributed by atoms with Crippen LogP contribution >= 0.6 is 0 Å². The number of hydrazone groups is 1. The second-order valence-corrected chi connectivity index (χ2v) is 10.7. The van der Waals surface area contributed by atoms with Crippen molar-refractivity contribution in [1.82, 2.24) is 24.4 Å². The Morgan fingerprint density at radius 2 is 1.59 bits per heavy atom. The molecule has 226 valence electrons. The van der Waals surface area contributed by atoms with Crippen molar-refractivity contribution in [2.24, 2.45) is 5.10 Å². The smallest absolute Gasteiger partial charge is 0.179 e. The summed E-state index contributed by atoms with van der Waals surface area (Å²) >= 11 is 0. The Hall–Kier alpha value is -5.53. The number of aromatic nitrogens is 4. The predicted octanol–water partition coefficient (Wildman–Crippen LogP) is 7.75. The van der Waals surface area contributed by atoms with Crippen LogP contribution in [0.25, 0.3) is 49.8 Å². The van der Waals surface area contributed by atoms with E-state index < -0.39 is 0 Å². The van der Waals surface area contributed by atoms with Gasteiger partial charge in [-0.2, -0.15) is 17.2 Å². The number of nitrogens with zero attached hydrogens (tertiary/aromatic N) is 8. The molecule has 1 aliphatic rings. The number of anilines is 4. The fourth-order valence-corrected chi connectivity index (χ4v) is 5.97. The topological polar surface area (TPSA) is 78.8 Å². The van der Waals surface area contributed by atoms with Gasteiger partial charge in [-0.05, 0) is 48.8 Å². The molecule has 0 radical (unpaired) electrons. The van der Waals surface area contributed by atoms with Gasteiger partial charge in [-0.25, -0.2) is 4.98 Å². The molecule has 0 saturated carbocycles. The van der Waals surface area contributed by atoms with Crippen LogP contribution in [0.1, 0.15) is 0 Å². The molecule has 46 heavy (non-hydrogen) atoms. The Labute approximate surface area is 278 Å². The SMILES string of the molecule is CN1C=NN(c2[c-]c(N(c3[c-]c4c(cc3)c3ccccc3n4-c3ccccn3)c3ccnc4c3oc3cccnc34)ccc2)[CH-]1.[Pt]. The summed E-state index contributed by atoms with van der Waals surface area (Å²) in [6, 6.07) is 37.6. The maximum absolute atomic E-state index is 6.42. The number of fused-ring (bicyclic) bond motifs is 6. The number of hydrogen-bond donors (Lipinski definition) is 0. The molecule has 5 aromatic heterocycles. The minimum atomic E-state index is 0. The van der Waals surface area contributed by atoms with E-state index in [4.69, 9.17) is 9.40 Å². The molecule has 0 amide bonds. The van der Waals surface area contributed by atoms with Crippen LogP contribution in [0, 0.1) is 18.8 Å². The van der Waals surface area contributed by atoms with Crippen LogP contribution in [0.4, 0.5) is 22.7 Å². The quantitative estimate of drug-likeness (QED) is 0.166. The predicted molar refractivity (Wildman–Crippen MR) is 177 cm³/mol. The summed E-state index contributed by atoms with van der Waals surface area (Å²) in [7, 11) is 1.94. The van der Waals surface area contributed by atoms with Crippen LogP contribution in [0.2, 0.25) is 0 Å². The van der Waals surface area contributed by atoms with Crippen molar-refractivity contribution < 1.29 is 25.5 Å². The molecule has 0 fully saturated rings. The Kier molecular flexibility index (Phi) is 6.76. The molecule has 9 rings (SSSR count). The van der Waals surface area contributed by atoms with Crippen LogP contribution in [-0.2, 0) is 21.1 Å². The van der Waals surface area contributed by atoms with Crippen molar-refractivity contribution in [1.29, 1.82) is 0 Å². The molecule has 0 spiro atoms. The molecule has 6 heterocycles. The van der Waals surface area contributed by atoms with Gasteiger partial charge in [0, 0.05) is 45.2 Å². The summed E-state index contributed by atoms with van der Waals surface area (Å²) in [4.78, 5) is 17.9. The van der Waals surface area contributed by atoms with Crippen LogP contribution in [-0.4, -0.2) is 37.8 Å². The maximum atomic E-state index is 6.42. The third kappa shape index (κ3) is 4.43. The number of pyridine rings is 3. The molecule has 0 atom stereocenters. The van der Waals surface area contributed by atoms with Gasteiger partial charge in [0.25, 0.3) is 0 Å². The second kappa shape index (κ2) is 11.1. The molecule has 0 saturated heterocycles. The van der Waals surface area contributed by atoms with Gasteiger partial charge in [0.05, 0.1) is 12.0 Å². The monoisotopic (exact) mass is 778 g/mol. The van der Waals surface area contributed by atoms with Crippen LogP contribution in [0.3, 0.4) is 0 Å². The molecule has 0 aliphatic carbocycles. The third-order valence-corrected chi connectivity index (χ3v) is 7.92. The number of benzene rings is 3. The van der Waals surface area contributed by atoms with E-state index in [1.807, 2.05) is 85.5 Å². The molecule has 0 bridgehead atoms. The van der Waals surface area contributed by atoms with Crippen molar-refractivity contribution in [3.8, 4) is 5.82 Å². The largest absolute Gasteiger partial charge is 0.493 e. The van der Waals surface area contributed by atoms with Gasteiger partial charge in [0.2, 0.25) is 0 Å². The van der Waals surface area contributed by atoms with Crippen molar-refractivity contribution in [3.63, 3.8) is 0 Å². The van der Waals surface area contributed by atoms with E-state index >= 15 is 0 Å². The molecule has 0 N–H and O–H groups in total. The van der Waals surface area contributed by atoms with Crippen LogP contribution < -0.4 is 9.91 Å². The molecular weight excluding hydrogens is 756 g/mol. The zero-order chi connectivity index (χ0) is 29.9. The Bertz CT molecular complexity index is 2420. The summed E-state index contributed by atoms with van der Waals surface area (Å²) in [6.45, 7) is 1.90.